The Morgan fingerprint density at radius 3 is 2.31 bits per heavy atom. The van der Waals surface area contributed by atoms with Gasteiger partial charge >= 0.3 is 0 Å². The molecule has 0 N–H and O–H groups in total. The van der Waals surface area contributed by atoms with Crippen LogP contribution >= 0.6 is 0 Å². The average molecular weight is 384 g/mol. The van der Waals surface area contributed by atoms with Gasteiger partial charge in [-0.2, -0.15) is 4.31 Å². The lowest BCUT2D eigenvalue weighted by atomic mass is 9.99. The second kappa shape index (κ2) is 9.23. The molecule has 0 bridgehead atoms. The molecule has 0 saturated carbocycles. The van der Waals surface area contributed by atoms with Crippen molar-refractivity contribution < 1.29 is 22.7 Å². The lowest BCUT2D eigenvalue weighted by molar-refractivity contribution is -0.132. The fraction of sp³-hybridized carbons (Fsp3) is 0.611. The highest BCUT2D eigenvalue weighted by Crippen LogP contribution is 2.18. The maximum absolute atomic E-state index is 12.4. The molecule has 146 valence electrons. The molecule has 0 aliphatic carbocycles. The van der Waals surface area contributed by atoms with E-state index < -0.39 is 10.0 Å². The zero-order valence-electron chi connectivity index (χ0n) is 15.7. The highest BCUT2D eigenvalue weighted by Gasteiger charge is 2.25. The van der Waals surface area contributed by atoms with Crippen molar-refractivity contribution in [3.05, 3.63) is 24.3 Å². The van der Waals surface area contributed by atoms with E-state index in [0.717, 1.165) is 24.8 Å². The molecule has 1 aliphatic rings. The largest absolute Gasteiger partial charge is 0.497 e. The van der Waals surface area contributed by atoms with Crippen LogP contribution in [0.3, 0.4) is 0 Å². The van der Waals surface area contributed by atoms with Gasteiger partial charge in [-0.05, 0) is 43.0 Å². The summed E-state index contributed by atoms with van der Waals surface area (Å²) in [6.07, 6.45) is 3.04. The lowest BCUT2D eigenvalue weighted by Crippen LogP contribution is -2.46. The third kappa shape index (κ3) is 6.17. The minimum absolute atomic E-state index is 0.126. The van der Waals surface area contributed by atoms with Gasteiger partial charge in [0, 0.05) is 19.6 Å². The number of hydrogen-bond acceptors (Lipinski definition) is 5. The standard InChI is InChI=1S/C18H28N2O5S/c1-15-8-10-19(11-9-15)18(21)14-20(26(3,22)23)12-13-25-17-6-4-16(24-2)5-7-17/h4-7,15H,8-14H2,1-3H3. The maximum atomic E-state index is 12.4. The van der Waals surface area contributed by atoms with E-state index in [2.05, 4.69) is 6.92 Å². The van der Waals surface area contributed by atoms with Crippen molar-refractivity contribution in [3.8, 4) is 11.5 Å². The predicted octanol–water partition coefficient (Wildman–Crippen LogP) is 1.59. The van der Waals surface area contributed by atoms with Gasteiger partial charge in [0.2, 0.25) is 15.9 Å². The fourth-order valence-electron chi connectivity index (χ4n) is 2.81. The maximum Gasteiger partial charge on any atom is 0.237 e. The van der Waals surface area contributed by atoms with Crippen molar-refractivity contribution in [1.82, 2.24) is 9.21 Å². The van der Waals surface area contributed by atoms with Gasteiger partial charge < -0.3 is 14.4 Å². The van der Waals surface area contributed by atoms with Gasteiger partial charge in [0.15, 0.2) is 0 Å². The molecule has 7 nitrogen and oxygen atoms in total. The summed E-state index contributed by atoms with van der Waals surface area (Å²) in [4.78, 5) is 14.2. The zero-order valence-corrected chi connectivity index (χ0v) is 16.5. The van der Waals surface area contributed by atoms with Crippen LogP contribution in [0, 0.1) is 5.92 Å². The number of ether oxygens (including phenoxy) is 2. The number of piperidine rings is 1. The molecule has 1 fully saturated rings. The minimum atomic E-state index is -3.49. The summed E-state index contributed by atoms with van der Waals surface area (Å²) in [6, 6.07) is 7.04. The number of hydrogen-bond donors (Lipinski definition) is 0. The van der Waals surface area contributed by atoms with E-state index in [1.807, 2.05) is 0 Å². The Hall–Kier alpha value is -1.80. The summed E-state index contributed by atoms with van der Waals surface area (Å²) >= 11 is 0. The molecule has 1 aromatic carbocycles. The van der Waals surface area contributed by atoms with Gasteiger partial charge in [0.05, 0.1) is 19.9 Å². The molecular weight excluding hydrogens is 356 g/mol. The van der Waals surface area contributed by atoms with Crippen LogP contribution in [0.1, 0.15) is 19.8 Å². The van der Waals surface area contributed by atoms with Crippen molar-refractivity contribution in [2.45, 2.75) is 19.8 Å². The van der Waals surface area contributed by atoms with Gasteiger partial charge in [-0.15, -0.1) is 0 Å². The van der Waals surface area contributed by atoms with Crippen LogP contribution in [0.25, 0.3) is 0 Å². The van der Waals surface area contributed by atoms with Crippen molar-refractivity contribution in [1.29, 1.82) is 0 Å². The molecule has 1 saturated heterocycles. The summed E-state index contributed by atoms with van der Waals surface area (Å²) in [5.41, 5.74) is 0. The van der Waals surface area contributed by atoms with Gasteiger partial charge in [-0.25, -0.2) is 8.42 Å². The molecule has 1 aliphatic heterocycles. The number of carbonyl (C=O) groups excluding carboxylic acids is 1. The lowest BCUT2D eigenvalue weighted by Gasteiger charge is -2.31. The topological polar surface area (TPSA) is 76.2 Å². The third-order valence-corrected chi connectivity index (χ3v) is 5.84. The third-order valence-electron chi connectivity index (χ3n) is 4.59. The van der Waals surface area contributed by atoms with Crippen LogP contribution in [-0.4, -0.2) is 69.7 Å². The zero-order chi connectivity index (χ0) is 19.2. The Kier molecular flexibility index (Phi) is 7.28. The summed E-state index contributed by atoms with van der Waals surface area (Å²) in [5.74, 6) is 1.81. The van der Waals surface area contributed by atoms with Crippen LogP contribution in [0.4, 0.5) is 0 Å². The first kappa shape index (κ1) is 20.5. The molecule has 0 unspecified atom stereocenters. The minimum Gasteiger partial charge on any atom is -0.497 e. The molecular formula is C18H28N2O5S. The first-order valence-electron chi connectivity index (χ1n) is 8.79. The summed E-state index contributed by atoms with van der Waals surface area (Å²) in [5, 5.41) is 0. The number of methoxy groups -OCH3 is 1. The van der Waals surface area contributed by atoms with Crippen LogP contribution in [0.2, 0.25) is 0 Å². The van der Waals surface area contributed by atoms with Crippen LogP contribution < -0.4 is 9.47 Å². The number of carbonyl (C=O) groups is 1. The number of nitrogens with zero attached hydrogens (tertiary/aromatic N) is 2. The second-order valence-electron chi connectivity index (χ2n) is 6.68. The predicted molar refractivity (Wildman–Crippen MR) is 99.9 cm³/mol. The molecule has 8 heteroatoms. The molecule has 2 rings (SSSR count). The molecule has 1 amide bonds. The summed E-state index contributed by atoms with van der Waals surface area (Å²) in [7, 11) is -1.91. The molecule has 0 radical (unpaired) electrons. The highest BCUT2D eigenvalue weighted by molar-refractivity contribution is 7.88. The number of benzene rings is 1. The molecule has 1 heterocycles. The van der Waals surface area contributed by atoms with Crippen molar-refractivity contribution in [2.75, 3.05) is 46.2 Å². The first-order chi connectivity index (χ1) is 12.3. The summed E-state index contributed by atoms with van der Waals surface area (Å²) in [6.45, 7) is 3.71. The van der Waals surface area contributed by atoms with Gasteiger partial charge in [-0.3, -0.25) is 4.79 Å². The molecule has 0 spiro atoms. The van der Waals surface area contributed by atoms with E-state index in [1.165, 1.54) is 4.31 Å². The van der Waals surface area contributed by atoms with E-state index in [-0.39, 0.29) is 25.6 Å². The van der Waals surface area contributed by atoms with Gasteiger partial charge in [0.1, 0.15) is 18.1 Å². The Balaban J connectivity index is 1.87. The average Bonchev–Trinajstić information content (AvgIpc) is 2.61. The van der Waals surface area contributed by atoms with E-state index in [9.17, 15) is 13.2 Å². The van der Waals surface area contributed by atoms with Crippen molar-refractivity contribution >= 4 is 15.9 Å². The Labute approximate surface area is 155 Å². The highest BCUT2D eigenvalue weighted by atomic mass is 32.2. The van der Waals surface area contributed by atoms with E-state index in [1.54, 1.807) is 36.3 Å². The van der Waals surface area contributed by atoms with Gasteiger partial charge in [-0.1, -0.05) is 6.92 Å². The summed E-state index contributed by atoms with van der Waals surface area (Å²) < 4.78 is 35.9. The van der Waals surface area contributed by atoms with Crippen LogP contribution in [0.15, 0.2) is 24.3 Å². The van der Waals surface area contributed by atoms with Crippen molar-refractivity contribution in [3.63, 3.8) is 0 Å². The Morgan fingerprint density at radius 1 is 1.19 bits per heavy atom. The molecule has 26 heavy (non-hydrogen) atoms. The van der Waals surface area contributed by atoms with Crippen LogP contribution in [0.5, 0.6) is 11.5 Å². The van der Waals surface area contributed by atoms with E-state index >= 15 is 0 Å². The van der Waals surface area contributed by atoms with Crippen LogP contribution in [-0.2, 0) is 14.8 Å². The number of rotatable bonds is 8. The van der Waals surface area contributed by atoms with Gasteiger partial charge in [0.25, 0.3) is 0 Å². The Bertz CT molecular complexity index is 682. The SMILES string of the molecule is COc1ccc(OCCN(CC(=O)N2CCC(C)CC2)S(C)(=O)=O)cc1. The van der Waals surface area contributed by atoms with E-state index in [4.69, 9.17) is 9.47 Å². The smallest absolute Gasteiger partial charge is 0.237 e. The molecule has 0 aromatic heterocycles. The number of sulfonamides is 1. The quantitative estimate of drug-likeness (QED) is 0.680. The molecule has 0 atom stereocenters. The van der Waals surface area contributed by atoms with E-state index in [0.29, 0.717) is 24.8 Å². The second-order valence-corrected chi connectivity index (χ2v) is 8.67. The first-order valence-corrected chi connectivity index (χ1v) is 10.6. The monoisotopic (exact) mass is 384 g/mol. The Morgan fingerprint density at radius 2 is 1.77 bits per heavy atom. The number of amides is 1. The molecule has 1 aromatic rings. The van der Waals surface area contributed by atoms with Crippen molar-refractivity contribution in [2.24, 2.45) is 5.92 Å². The fourth-order valence-corrected chi connectivity index (χ4v) is 3.56. The number of likely N-dealkylation sites (tertiary alicyclic amines) is 1. The normalized spacial score (nSPS) is 15.9.